The van der Waals surface area contributed by atoms with Crippen LogP contribution in [0.4, 0.5) is 0 Å². The number of carbonyl (C=O) groups excluding carboxylic acids is 1. The summed E-state index contributed by atoms with van der Waals surface area (Å²) in [6, 6.07) is 7.15. The standard InChI is InChI=1S/C15H14ClNO4/c16-9-3-1-2-8(6-9)7-17-14(18)12-10-4-5-11(21-10)13(12)15(19)20/h1-6,10-13H,7H2,(H,17,18)(H,19,20)/t10-,11-,12-,13-/m0/s1. The third kappa shape index (κ3) is 2.66. The van der Waals surface area contributed by atoms with Crippen LogP contribution in [0.15, 0.2) is 36.4 Å². The van der Waals surface area contributed by atoms with Gasteiger partial charge < -0.3 is 15.2 Å². The van der Waals surface area contributed by atoms with Crippen molar-refractivity contribution in [2.24, 2.45) is 11.8 Å². The first kappa shape index (κ1) is 14.1. The maximum Gasteiger partial charge on any atom is 0.310 e. The van der Waals surface area contributed by atoms with Gasteiger partial charge in [-0.2, -0.15) is 0 Å². The summed E-state index contributed by atoms with van der Waals surface area (Å²) in [6.07, 6.45) is 2.52. The van der Waals surface area contributed by atoms with Gasteiger partial charge in [-0.1, -0.05) is 35.9 Å². The van der Waals surface area contributed by atoms with Crippen LogP contribution in [-0.4, -0.2) is 29.2 Å². The highest BCUT2D eigenvalue weighted by molar-refractivity contribution is 6.30. The Balaban J connectivity index is 1.68. The van der Waals surface area contributed by atoms with E-state index in [1.807, 2.05) is 6.07 Å². The highest BCUT2D eigenvalue weighted by Crippen LogP contribution is 2.39. The van der Waals surface area contributed by atoms with Crippen molar-refractivity contribution in [2.45, 2.75) is 18.8 Å². The van der Waals surface area contributed by atoms with E-state index in [0.29, 0.717) is 11.6 Å². The van der Waals surface area contributed by atoms with Gasteiger partial charge in [-0.3, -0.25) is 9.59 Å². The number of benzene rings is 1. The second-order valence-electron chi connectivity index (χ2n) is 5.19. The van der Waals surface area contributed by atoms with Crippen LogP contribution < -0.4 is 5.32 Å². The van der Waals surface area contributed by atoms with Crippen LogP contribution in [0.2, 0.25) is 5.02 Å². The molecular formula is C15H14ClNO4. The Labute approximate surface area is 126 Å². The first-order chi connectivity index (χ1) is 10.1. The van der Waals surface area contributed by atoms with E-state index in [1.165, 1.54) is 0 Å². The molecule has 4 atom stereocenters. The maximum absolute atomic E-state index is 12.3. The molecule has 1 saturated heterocycles. The third-order valence-corrected chi connectivity index (χ3v) is 4.08. The number of hydrogen-bond donors (Lipinski definition) is 2. The number of aliphatic carboxylic acids is 1. The molecule has 110 valence electrons. The number of carbonyl (C=O) groups is 2. The molecule has 0 spiro atoms. The number of rotatable bonds is 4. The summed E-state index contributed by atoms with van der Waals surface area (Å²) in [5.41, 5.74) is 0.863. The molecule has 21 heavy (non-hydrogen) atoms. The SMILES string of the molecule is O=C(O)[C@@H]1[C@@H](C(=O)NCc2cccc(Cl)c2)[C@@H]2C=C[C@@H]1O2. The molecule has 0 saturated carbocycles. The first-order valence-electron chi connectivity index (χ1n) is 6.65. The summed E-state index contributed by atoms with van der Waals surface area (Å²) in [6.45, 7) is 0.309. The van der Waals surface area contributed by atoms with Gasteiger partial charge >= 0.3 is 5.97 Å². The lowest BCUT2D eigenvalue weighted by molar-refractivity contribution is -0.146. The van der Waals surface area contributed by atoms with E-state index in [0.717, 1.165) is 5.56 Å². The summed E-state index contributed by atoms with van der Waals surface area (Å²) in [5, 5.41) is 12.6. The van der Waals surface area contributed by atoms with E-state index >= 15 is 0 Å². The van der Waals surface area contributed by atoms with Crippen molar-refractivity contribution in [2.75, 3.05) is 0 Å². The van der Waals surface area contributed by atoms with Gasteiger partial charge in [0.2, 0.25) is 5.91 Å². The van der Waals surface area contributed by atoms with Crippen molar-refractivity contribution >= 4 is 23.5 Å². The van der Waals surface area contributed by atoms with Crippen molar-refractivity contribution < 1.29 is 19.4 Å². The lowest BCUT2D eigenvalue weighted by atomic mass is 9.82. The summed E-state index contributed by atoms with van der Waals surface area (Å²) < 4.78 is 5.48. The molecule has 0 unspecified atom stereocenters. The molecule has 2 N–H and O–H groups in total. The Morgan fingerprint density at radius 2 is 1.95 bits per heavy atom. The van der Waals surface area contributed by atoms with Crippen LogP contribution in [0.3, 0.4) is 0 Å². The summed E-state index contributed by atoms with van der Waals surface area (Å²) in [4.78, 5) is 23.6. The Morgan fingerprint density at radius 1 is 1.24 bits per heavy atom. The van der Waals surface area contributed by atoms with Crippen LogP contribution >= 0.6 is 11.6 Å². The van der Waals surface area contributed by atoms with E-state index in [2.05, 4.69) is 5.32 Å². The Morgan fingerprint density at radius 3 is 2.62 bits per heavy atom. The molecule has 2 heterocycles. The molecule has 0 aliphatic carbocycles. The highest BCUT2D eigenvalue weighted by atomic mass is 35.5. The quantitative estimate of drug-likeness (QED) is 0.829. The third-order valence-electron chi connectivity index (χ3n) is 3.84. The zero-order chi connectivity index (χ0) is 15.0. The minimum Gasteiger partial charge on any atom is -0.481 e. The average Bonchev–Trinajstić information content (AvgIpc) is 3.05. The van der Waals surface area contributed by atoms with Gasteiger partial charge in [-0.25, -0.2) is 0 Å². The summed E-state index contributed by atoms with van der Waals surface area (Å²) in [5.74, 6) is -2.81. The normalized spacial score (nSPS) is 29.6. The zero-order valence-corrected chi connectivity index (χ0v) is 11.8. The second kappa shape index (κ2) is 5.50. The smallest absolute Gasteiger partial charge is 0.310 e. The van der Waals surface area contributed by atoms with Crippen LogP contribution in [0.25, 0.3) is 0 Å². The molecule has 1 amide bonds. The van der Waals surface area contributed by atoms with Crippen molar-refractivity contribution in [3.05, 3.63) is 47.0 Å². The molecule has 1 aromatic carbocycles. The van der Waals surface area contributed by atoms with Gasteiger partial charge in [0.25, 0.3) is 0 Å². The van der Waals surface area contributed by atoms with E-state index in [1.54, 1.807) is 30.4 Å². The fourth-order valence-corrected chi connectivity index (χ4v) is 3.08. The Hall–Kier alpha value is -1.85. The number of carboxylic acid groups (broad SMARTS) is 1. The second-order valence-corrected chi connectivity index (χ2v) is 5.62. The van der Waals surface area contributed by atoms with Crippen LogP contribution in [0.5, 0.6) is 0 Å². The number of ether oxygens (including phenoxy) is 1. The molecule has 1 fully saturated rings. The minimum atomic E-state index is -1.00. The molecule has 2 aliphatic rings. The lowest BCUT2D eigenvalue weighted by Gasteiger charge is -2.21. The van der Waals surface area contributed by atoms with E-state index < -0.39 is 30.0 Å². The maximum atomic E-state index is 12.3. The van der Waals surface area contributed by atoms with Gasteiger partial charge in [0.1, 0.15) is 5.92 Å². The van der Waals surface area contributed by atoms with Crippen molar-refractivity contribution in [3.63, 3.8) is 0 Å². The lowest BCUT2D eigenvalue weighted by Crippen LogP contribution is -2.42. The van der Waals surface area contributed by atoms with E-state index in [9.17, 15) is 14.7 Å². The largest absolute Gasteiger partial charge is 0.481 e. The number of carboxylic acids is 1. The fraction of sp³-hybridized carbons (Fsp3) is 0.333. The number of hydrogen-bond acceptors (Lipinski definition) is 3. The molecule has 2 bridgehead atoms. The van der Waals surface area contributed by atoms with E-state index in [4.69, 9.17) is 16.3 Å². The topological polar surface area (TPSA) is 75.6 Å². The summed E-state index contributed by atoms with van der Waals surface area (Å²) in [7, 11) is 0. The molecule has 1 aromatic rings. The van der Waals surface area contributed by atoms with Crippen molar-refractivity contribution in [1.82, 2.24) is 5.32 Å². The first-order valence-corrected chi connectivity index (χ1v) is 7.03. The monoisotopic (exact) mass is 307 g/mol. The Bertz CT molecular complexity index is 615. The van der Waals surface area contributed by atoms with Gasteiger partial charge in [0.05, 0.1) is 18.1 Å². The molecule has 6 heteroatoms. The summed E-state index contributed by atoms with van der Waals surface area (Å²) >= 11 is 5.88. The van der Waals surface area contributed by atoms with Crippen LogP contribution in [0, 0.1) is 11.8 Å². The predicted octanol–water partition coefficient (Wildman–Crippen LogP) is 1.61. The number of nitrogens with one attached hydrogen (secondary N) is 1. The number of halogens is 1. The predicted molar refractivity (Wildman–Crippen MR) is 75.7 cm³/mol. The zero-order valence-electron chi connectivity index (χ0n) is 11.0. The van der Waals surface area contributed by atoms with Crippen molar-refractivity contribution in [1.29, 1.82) is 0 Å². The molecule has 2 aliphatic heterocycles. The van der Waals surface area contributed by atoms with Gasteiger partial charge in [-0.05, 0) is 17.7 Å². The van der Waals surface area contributed by atoms with Crippen LogP contribution in [0.1, 0.15) is 5.56 Å². The van der Waals surface area contributed by atoms with Gasteiger partial charge in [-0.15, -0.1) is 0 Å². The van der Waals surface area contributed by atoms with Crippen molar-refractivity contribution in [3.8, 4) is 0 Å². The molecule has 5 nitrogen and oxygen atoms in total. The molecule has 3 rings (SSSR count). The van der Waals surface area contributed by atoms with Gasteiger partial charge in [0.15, 0.2) is 0 Å². The highest BCUT2D eigenvalue weighted by Gasteiger charge is 2.53. The molecule has 0 aromatic heterocycles. The van der Waals surface area contributed by atoms with E-state index in [-0.39, 0.29) is 5.91 Å². The Kier molecular flexibility index (Phi) is 3.69. The molecule has 0 radical (unpaired) electrons. The number of fused-ring (bicyclic) bond motifs is 2. The van der Waals surface area contributed by atoms with Crippen LogP contribution in [-0.2, 0) is 20.9 Å². The van der Waals surface area contributed by atoms with Gasteiger partial charge in [0, 0.05) is 11.6 Å². The number of amides is 1. The minimum absolute atomic E-state index is 0.306. The fourth-order valence-electron chi connectivity index (χ4n) is 2.87. The average molecular weight is 308 g/mol. The molecular weight excluding hydrogens is 294 g/mol.